The van der Waals surface area contributed by atoms with Gasteiger partial charge in [-0.3, -0.25) is 0 Å². The van der Waals surface area contributed by atoms with Crippen molar-refractivity contribution in [1.82, 2.24) is 15.2 Å². The Bertz CT molecular complexity index is 806. The average molecular weight is 341 g/mol. The molecule has 3 aromatic rings. The van der Waals surface area contributed by atoms with Crippen LogP contribution in [-0.2, 0) is 13.0 Å². The Kier molecular flexibility index (Phi) is 5.46. The fourth-order valence-corrected chi connectivity index (χ4v) is 2.23. The number of nitrogens with one attached hydrogen (secondary N) is 2. The van der Waals surface area contributed by atoms with Crippen molar-refractivity contribution in [2.24, 2.45) is 0 Å². The molecule has 0 saturated heterocycles. The van der Waals surface area contributed by atoms with Gasteiger partial charge in [-0.05, 0) is 41.8 Å². The van der Waals surface area contributed by atoms with E-state index in [1.165, 1.54) is 30.5 Å². The number of aromatic nitrogens is 3. The smallest absolute Gasteiger partial charge is 0.244 e. The van der Waals surface area contributed by atoms with E-state index >= 15 is 0 Å². The maximum absolute atomic E-state index is 12.9. The first-order chi connectivity index (χ1) is 12.2. The lowest BCUT2D eigenvalue weighted by Crippen LogP contribution is -2.10. The summed E-state index contributed by atoms with van der Waals surface area (Å²) in [5, 5.41) is 14.0. The zero-order valence-corrected chi connectivity index (χ0v) is 13.4. The topological polar surface area (TPSA) is 62.7 Å². The van der Waals surface area contributed by atoms with Crippen LogP contribution in [0.15, 0.2) is 54.7 Å². The number of hydrogen-bond acceptors (Lipinski definition) is 5. The first-order valence-corrected chi connectivity index (χ1v) is 7.85. The second kappa shape index (κ2) is 8.14. The fourth-order valence-electron chi connectivity index (χ4n) is 2.23. The summed E-state index contributed by atoms with van der Waals surface area (Å²) in [6, 6.07) is 12.6. The number of anilines is 2. The number of nitrogens with zero attached hydrogens (tertiary/aromatic N) is 3. The van der Waals surface area contributed by atoms with Gasteiger partial charge >= 0.3 is 0 Å². The van der Waals surface area contributed by atoms with Gasteiger partial charge in [-0.25, -0.2) is 8.78 Å². The summed E-state index contributed by atoms with van der Waals surface area (Å²) in [7, 11) is 0. The Balaban J connectivity index is 1.50. The largest absolute Gasteiger partial charge is 0.368 e. The van der Waals surface area contributed by atoms with Gasteiger partial charge in [0, 0.05) is 13.1 Å². The average Bonchev–Trinajstić information content (AvgIpc) is 2.63. The molecule has 7 heteroatoms. The molecule has 0 saturated carbocycles. The van der Waals surface area contributed by atoms with Crippen LogP contribution in [0.25, 0.3) is 0 Å². The van der Waals surface area contributed by atoms with Crippen molar-refractivity contribution in [3.05, 3.63) is 77.5 Å². The van der Waals surface area contributed by atoms with Gasteiger partial charge in [-0.1, -0.05) is 24.3 Å². The zero-order valence-electron chi connectivity index (χ0n) is 13.4. The molecule has 5 nitrogen and oxygen atoms in total. The molecule has 0 spiro atoms. The van der Waals surface area contributed by atoms with Crippen LogP contribution in [0.3, 0.4) is 0 Å². The summed E-state index contributed by atoms with van der Waals surface area (Å²) < 4.78 is 25.7. The molecule has 0 atom stereocenters. The van der Waals surface area contributed by atoms with Crippen LogP contribution >= 0.6 is 0 Å². The third-order valence-electron chi connectivity index (χ3n) is 3.56. The molecular formula is C18H17F2N5. The SMILES string of the molecule is Fc1ccc(CCNc2cnnc(NCc3ccc(F)cc3)n2)cc1. The van der Waals surface area contributed by atoms with E-state index in [0.29, 0.717) is 24.9 Å². The van der Waals surface area contributed by atoms with E-state index in [9.17, 15) is 8.78 Å². The van der Waals surface area contributed by atoms with Crippen molar-refractivity contribution in [2.75, 3.05) is 17.2 Å². The summed E-state index contributed by atoms with van der Waals surface area (Å²) >= 11 is 0. The summed E-state index contributed by atoms with van der Waals surface area (Å²) in [6.07, 6.45) is 2.27. The third-order valence-corrected chi connectivity index (χ3v) is 3.56. The summed E-state index contributed by atoms with van der Waals surface area (Å²) in [6.45, 7) is 1.11. The van der Waals surface area contributed by atoms with Gasteiger partial charge in [-0.2, -0.15) is 10.1 Å². The molecule has 128 valence electrons. The first kappa shape index (κ1) is 16.8. The highest BCUT2D eigenvalue weighted by Crippen LogP contribution is 2.08. The van der Waals surface area contributed by atoms with Gasteiger partial charge in [0.05, 0.1) is 6.20 Å². The minimum atomic E-state index is -0.269. The van der Waals surface area contributed by atoms with E-state index in [4.69, 9.17) is 0 Å². The summed E-state index contributed by atoms with van der Waals surface area (Å²) in [5.41, 5.74) is 1.95. The molecule has 0 aliphatic heterocycles. The van der Waals surface area contributed by atoms with Gasteiger partial charge in [-0.15, -0.1) is 5.10 Å². The molecule has 2 aromatic carbocycles. The van der Waals surface area contributed by atoms with Crippen molar-refractivity contribution in [3.63, 3.8) is 0 Å². The Morgan fingerprint density at radius 2 is 1.44 bits per heavy atom. The minimum absolute atomic E-state index is 0.242. The maximum Gasteiger partial charge on any atom is 0.244 e. The van der Waals surface area contributed by atoms with Gasteiger partial charge in [0.2, 0.25) is 5.95 Å². The predicted molar refractivity (Wildman–Crippen MR) is 92.1 cm³/mol. The van der Waals surface area contributed by atoms with E-state index < -0.39 is 0 Å². The van der Waals surface area contributed by atoms with Crippen molar-refractivity contribution in [2.45, 2.75) is 13.0 Å². The van der Waals surface area contributed by atoms with Gasteiger partial charge in [0.15, 0.2) is 5.82 Å². The van der Waals surface area contributed by atoms with Crippen molar-refractivity contribution in [1.29, 1.82) is 0 Å². The van der Waals surface area contributed by atoms with E-state index in [2.05, 4.69) is 25.8 Å². The summed E-state index contributed by atoms with van der Waals surface area (Å²) in [4.78, 5) is 4.32. The van der Waals surface area contributed by atoms with E-state index in [-0.39, 0.29) is 11.6 Å². The Morgan fingerprint density at radius 3 is 2.12 bits per heavy atom. The first-order valence-electron chi connectivity index (χ1n) is 7.85. The van der Waals surface area contributed by atoms with Crippen LogP contribution in [-0.4, -0.2) is 21.7 Å². The number of halogens is 2. The number of hydrogen-bond donors (Lipinski definition) is 2. The number of benzene rings is 2. The lowest BCUT2D eigenvalue weighted by Gasteiger charge is -2.08. The molecule has 1 aromatic heterocycles. The molecular weight excluding hydrogens is 324 g/mol. The van der Waals surface area contributed by atoms with Gasteiger partial charge < -0.3 is 10.6 Å². The molecule has 1 heterocycles. The fraction of sp³-hybridized carbons (Fsp3) is 0.167. The van der Waals surface area contributed by atoms with Crippen molar-refractivity contribution < 1.29 is 8.78 Å². The quantitative estimate of drug-likeness (QED) is 0.689. The van der Waals surface area contributed by atoms with E-state index in [1.807, 2.05) is 0 Å². The monoisotopic (exact) mass is 341 g/mol. The highest BCUT2D eigenvalue weighted by atomic mass is 19.1. The third kappa shape index (κ3) is 5.20. The zero-order chi connectivity index (χ0) is 17.5. The molecule has 0 fully saturated rings. The van der Waals surface area contributed by atoms with Crippen LogP contribution < -0.4 is 10.6 Å². The van der Waals surface area contributed by atoms with E-state index in [1.54, 1.807) is 24.3 Å². The highest BCUT2D eigenvalue weighted by Gasteiger charge is 2.01. The Morgan fingerprint density at radius 1 is 0.800 bits per heavy atom. The predicted octanol–water partition coefficient (Wildman–Crippen LogP) is 3.42. The van der Waals surface area contributed by atoms with Crippen LogP contribution in [0, 0.1) is 11.6 Å². The lowest BCUT2D eigenvalue weighted by atomic mass is 10.1. The molecule has 25 heavy (non-hydrogen) atoms. The molecule has 0 aliphatic rings. The van der Waals surface area contributed by atoms with Crippen LogP contribution in [0.2, 0.25) is 0 Å². The molecule has 0 bridgehead atoms. The molecule has 3 rings (SSSR count). The van der Waals surface area contributed by atoms with Gasteiger partial charge in [0.25, 0.3) is 0 Å². The molecule has 0 radical (unpaired) electrons. The minimum Gasteiger partial charge on any atom is -0.368 e. The summed E-state index contributed by atoms with van der Waals surface area (Å²) in [5.74, 6) is 0.470. The maximum atomic E-state index is 12.9. The van der Waals surface area contributed by atoms with Crippen molar-refractivity contribution in [3.8, 4) is 0 Å². The normalized spacial score (nSPS) is 10.5. The standard InChI is InChI=1S/C18H17F2N5/c19-15-5-1-13(2-6-15)9-10-21-17-12-23-25-18(24-17)22-11-14-3-7-16(20)8-4-14/h1-8,12H,9-11H2,(H2,21,22,24,25). The molecule has 2 N–H and O–H groups in total. The lowest BCUT2D eigenvalue weighted by molar-refractivity contribution is 0.626. The van der Waals surface area contributed by atoms with Crippen LogP contribution in [0.5, 0.6) is 0 Å². The van der Waals surface area contributed by atoms with Crippen molar-refractivity contribution >= 4 is 11.8 Å². The molecule has 0 unspecified atom stereocenters. The molecule has 0 amide bonds. The van der Waals surface area contributed by atoms with Gasteiger partial charge in [0.1, 0.15) is 11.6 Å². The van der Waals surface area contributed by atoms with Crippen LogP contribution in [0.4, 0.5) is 20.5 Å². The highest BCUT2D eigenvalue weighted by molar-refractivity contribution is 5.37. The molecule has 0 aliphatic carbocycles. The Labute approximate surface area is 144 Å². The second-order valence-electron chi connectivity index (χ2n) is 5.45. The Hall–Kier alpha value is -3.09. The second-order valence-corrected chi connectivity index (χ2v) is 5.45. The van der Waals surface area contributed by atoms with E-state index in [0.717, 1.165) is 17.5 Å². The van der Waals surface area contributed by atoms with Crippen LogP contribution in [0.1, 0.15) is 11.1 Å². The number of rotatable bonds is 7.